The lowest BCUT2D eigenvalue weighted by Crippen LogP contribution is -2.39. The fourth-order valence-electron chi connectivity index (χ4n) is 1.85. The van der Waals surface area contributed by atoms with Gasteiger partial charge in [0.25, 0.3) is 5.91 Å². The molecule has 0 bridgehead atoms. The Kier molecular flexibility index (Phi) is 4.19. The number of hydrogen-bond donors (Lipinski definition) is 3. The molecule has 2 amide bonds. The van der Waals surface area contributed by atoms with E-state index < -0.39 is 6.04 Å². The number of nitrogens with zero attached hydrogens (tertiary/aromatic N) is 1. The highest BCUT2D eigenvalue weighted by atomic mass is 16.5. The van der Waals surface area contributed by atoms with Crippen LogP contribution in [0.25, 0.3) is 0 Å². The topological polar surface area (TPSA) is 100 Å². The van der Waals surface area contributed by atoms with Gasteiger partial charge in [-0.15, -0.1) is 0 Å². The smallest absolute Gasteiger partial charge is 0.262 e. The van der Waals surface area contributed by atoms with E-state index in [1.165, 1.54) is 19.4 Å². The number of rotatable bonds is 4. The van der Waals surface area contributed by atoms with Gasteiger partial charge >= 0.3 is 0 Å². The van der Waals surface area contributed by atoms with Crippen LogP contribution in [0.3, 0.4) is 0 Å². The van der Waals surface area contributed by atoms with Gasteiger partial charge in [-0.3, -0.25) is 9.59 Å². The number of phenolic OH excluding ortho intramolecular Hbond substituents is 1. The van der Waals surface area contributed by atoms with Crippen molar-refractivity contribution in [2.24, 2.45) is 5.10 Å². The van der Waals surface area contributed by atoms with Crippen molar-refractivity contribution in [1.29, 1.82) is 0 Å². The standard InChI is InChI=1S/C13H15N3O4/c1-20-11-4-2-8(6-10(11)17)7-14-16-13(19)9-3-5-12(18)15-9/h2,4,6-7,9,17H,3,5H2,1H3,(H,15,18)(H,16,19)/b14-7-/t9-/m0/s1. The number of amides is 2. The van der Waals surface area contributed by atoms with E-state index in [9.17, 15) is 14.7 Å². The van der Waals surface area contributed by atoms with Gasteiger partial charge in [-0.25, -0.2) is 5.43 Å². The molecule has 1 heterocycles. The molecule has 1 aliphatic heterocycles. The van der Waals surface area contributed by atoms with Crippen LogP contribution in [-0.2, 0) is 9.59 Å². The number of hydrazone groups is 1. The molecule has 20 heavy (non-hydrogen) atoms. The molecule has 1 atom stereocenters. The quantitative estimate of drug-likeness (QED) is 0.538. The van der Waals surface area contributed by atoms with Gasteiger partial charge in [0.05, 0.1) is 13.3 Å². The summed E-state index contributed by atoms with van der Waals surface area (Å²) in [6.45, 7) is 0. The van der Waals surface area contributed by atoms with E-state index in [4.69, 9.17) is 4.74 Å². The van der Waals surface area contributed by atoms with E-state index in [0.29, 0.717) is 24.2 Å². The number of phenols is 1. The van der Waals surface area contributed by atoms with Crippen molar-refractivity contribution in [3.63, 3.8) is 0 Å². The molecule has 106 valence electrons. The summed E-state index contributed by atoms with van der Waals surface area (Å²) in [5, 5.41) is 15.9. The highest BCUT2D eigenvalue weighted by Crippen LogP contribution is 2.25. The summed E-state index contributed by atoms with van der Waals surface area (Å²) in [5.41, 5.74) is 2.95. The number of aromatic hydroxyl groups is 1. The first-order valence-electron chi connectivity index (χ1n) is 6.09. The Labute approximate surface area is 115 Å². The van der Waals surface area contributed by atoms with E-state index in [0.717, 1.165) is 0 Å². The van der Waals surface area contributed by atoms with Gasteiger partial charge < -0.3 is 15.2 Å². The summed E-state index contributed by atoms with van der Waals surface area (Å²) >= 11 is 0. The van der Waals surface area contributed by atoms with E-state index in [-0.39, 0.29) is 17.6 Å². The summed E-state index contributed by atoms with van der Waals surface area (Å²) in [6, 6.07) is 4.22. The molecule has 1 fully saturated rings. The van der Waals surface area contributed by atoms with Gasteiger partial charge in [0.15, 0.2) is 11.5 Å². The van der Waals surface area contributed by atoms with Gasteiger partial charge in [0.2, 0.25) is 5.91 Å². The lowest BCUT2D eigenvalue weighted by Gasteiger charge is -2.07. The first-order chi connectivity index (χ1) is 9.60. The first-order valence-corrected chi connectivity index (χ1v) is 6.09. The largest absolute Gasteiger partial charge is 0.504 e. The fraction of sp³-hybridized carbons (Fsp3) is 0.308. The second-order valence-electron chi connectivity index (χ2n) is 4.32. The van der Waals surface area contributed by atoms with Crippen molar-refractivity contribution >= 4 is 18.0 Å². The lowest BCUT2D eigenvalue weighted by molar-refractivity contribution is -0.125. The molecule has 1 aromatic carbocycles. The monoisotopic (exact) mass is 277 g/mol. The molecule has 3 N–H and O–H groups in total. The molecule has 0 aliphatic carbocycles. The third kappa shape index (κ3) is 3.25. The number of benzene rings is 1. The van der Waals surface area contributed by atoms with Crippen LogP contribution >= 0.6 is 0 Å². The van der Waals surface area contributed by atoms with Crippen molar-refractivity contribution < 1.29 is 19.4 Å². The third-order valence-corrected chi connectivity index (χ3v) is 2.90. The number of carbonyl (C=O) groups is 2. The summed E-state index contributed by atoms with van der Waals surface area (Å²) in [6.07, 6.45) is 2.23. The second kappa shape index (κ2) is 6.05. The minimum absolute atomic E-state index is 0.00849. The summed E-state index contributed by atoms with van der Waals surface area (Å²) in [5.74, 6) is -0.135. The highest BCUT2D eigenvalue weighted by molar-refractivity contribution is 5.91. The maximum atomic E-state index is 11.6. The third-order valence-electron chi connectivity index (χ3n) is 2.90. The average Bonchev–Trinajstić information content (AvgIpc) is 2.85. The fourth-order valence-corrected chi connectivity index (χ4v) is 1.85. The molecule has 0 spiro atoms. The number of methoxy groups -OCH3 is 1. The van der Waals surface area contributed by atoms with Crippen LogP contribution in [0.2, 0.25) is 0 Å². The summed E-state index contributed by atoms with van der Waals surface area (Å²) < 4.78 is 4.92. The zero-order chi connectivity index (χ0) is 14.5. The predicted molar refractivity (Wildman–Crippen MR) is 71.6 cm³/mol. The molecule has 7 heteroatoms. The van der Waals surface area contributed by atoms with E-state index in [2.05, 4.69) is 15.8 Å². The number of hydrogen-bond acceptors (Lipinski definition) is 5. The Bertz CT molecular complexity index is 557. The van der Waals surface area contributed by atoms with Crippen LogP contribution in [0.5, 0.6) is 11.5 Å². The van der Waals surface area contributed by atoms with Crippen LogP contribution in [-0.4, -0.2) is 36.3 Å². The van der Waals surface area contributed by atoms with Crippen LogP contribution in [0.4, 0.5) is 0 Å². The molecular formula is C13H15N3O4. The molecule has 2 rings (SSSR count). The Balaban J connectivity index is 1.91. The highest BCUT2D eigenvalue weighted by Gasteiger charge is 2.26. The predicted octanol–water partition coefficient (Wildman–Crippen LogP) is 0.129. The van der Waals surface area contributed by atoms with Gasteiger partial charge in [-0.2, -0.15) is 5.10 Å². The molecule has 1 saturated heterocycles. The van der Waals surface area contributed by atoms with Crippen LogP contribution in [0.1, 0.15) is 18.4 Å². The maximum absolute atomic E-state index is 11.6. The Hall–Kier alpha value is -2.57. The normalized spacial score (nSPS) is 18.1. The Morgan fingerprint density at radius 1 is 1.60 bits per heavy atom. The molecule has 0 radical (unpaired) electrons. The van der Waals surface area contributed by atoms with Crippen LogP contribution < -0.4 is 15.5 Å². The molecular weight excluding hydrogens is 262 g/mol. The van der Waals surface area contributed by atoms with Gasteiger partial charge in [0.1, 0.15) is 6.04 Å². The summed E-state index contributed by atoms with van der Waals surface area (Å²) in [4.78, 5) is 22.6. The van der Waals surface area contributed by atoms with E-state index in [1.807, 2.05) is 0 Å². The van der Waals surface area contributed by atoms with E-state index in [1.54, 1.807) is 12.1 Å². The molecule has 1 aliphatic rings. The maximum Gasteiger partial charge on any atom is 0.262 e. The molecule has 0 aromatic heterocycles. The minimum Gasteiger partial charge on any atom is -0.504 e. The van der Waals surface area contributed by atoms with Gasteiger partial charge in [-0.05, 0) is 30.2 Å². The van der Waals surface area contributed by atoms with Crippen molar-refractivity contribution in [2.45, 2.75) is 18.9 Å². The number of nitrogens with one attached hydrogen (secondary N) is 2. The lowest BCUT2D eigenvalue weighted by atomic mass is 10.2. The first kappa shape index (κ1) is 13.9. The van der Waals surface area contributed by atoms with Crippen molar-refractivity contribution in [2.75, 3.05) is 7.11 Å². The zero-order valence-electron chi connectivity index (χ0n) is 10.9. The average molecular weight is 277 g/mol. The molecule has 0 unspecified atom stereocenters. The molecule has 1 aromatic rings. The van der Waals surface area contributed by atoms with E-state index >= 15 is 0 Å². The zero-order valence-corrected chi connectivity index (χ0v) is 10.9. The number of carbonyl (C=O) groups excluding carboxylic acids is 2. The minimum atomic E-state index is -0.524. The van der Waals surface area contributed by atoms with Crippen molar-refractivity contribution in [1.82, 2.24) is 10.7 Å². The van der Waals surface area contributed by atoms with Crippen molar-refractivity contribution in [3.05, 3.63) is 23.8 Å². The van der Waals surface area contributed by atoms with Crippen LogP contribution in [0.15, 0.2) is 23.3 Å². The number of ether oxygens (including phenoxy) is 1. The van der Waals surface area contributed by atoms with Gasteiger partial charge in [0, 0.05) is 6.42 Å². The SMILES string of the molecule is COc1ccc(/C=N\NC(=O)[C@@H]2CCC(=O)N2)cc1O. The Morgan fingerprint density at radius 2 is 2.40 bits per heavy atom. The molecule has 0 saturated carbocycles. The van der Waals surface area contributed by atoms with Crippen molar-refractivity contribution in [3.8, 4) is 11.5 Å². The van der Waals surface area contributed by atoms with Crippen LogP contribution in [0, 0.1) is 0 Å². The summed E-state index contributed by atoms with van der Waals surface area (Å²) in [7, 11) is 1.46. The molecule has 7 nitrogen and oxygen atoms in total. The Morgan fingerprint density at radius 3 is 3.00 bits per heavy atom. The second-order valence-corrected chi connectivity index (χ2v) is 4.32. The van der Waals surface area contributed by atoms with Gasteiger partial charge in [-0.1, -0.05) is 0 Å².